The zero-order valence-corrected chi connectivity index (χ0v) is 21.0. The van der Waals surface area contributed by atoms with Gasteiger partial charge in [-0.1, -0.05) is 44.0 Å². The van der Waals surface area contributed by atoms with Crippen LogP contribution in [0.5, 0.6) is 23.0 Å². The molecule has 7 nitrogen and oxygen atoms in total. The van der Waals surface area contributed by atoms with Crippen LogP contribution in [0.2, 0.25) is 0 Å². The van der Waals surface area contributed by atoms with Gasteiger partial charge in [0.2, 0.25) is 5.88 Å². The summed E-state index contributed by atoms with van der Waals surface area (Å²) >= 11 is 0. The largest absolute Gasteiger partial charge is 0.494 e. The molecule has 1 aliphatic rings. The van der Waals surface area contributed by atoms with Crippen molar-refractivity contribution in [2.24, 2.45) is 5.73 Å². The van der Waals surface area contributed by atoms with Crippen LogP contribution < -0.4 is 24.7 Å². The first kappa shape index (κ1) is 25.6. The Morgan fingerprint density at radius 1 is 0.973 bits per heavy atom. The number of esters is 1. The van der Waals surface area contributed by atoms with Crippen LogP contribution in [0, 0.1) is 11.3 Å². The molecule has 37 heavy (non-hydrogen) atoms. The van der Waals surface area contributed by atoms with Gasteiger partial charge in [0.15, 0.2) is 0 Å². The fourth-order valence-corrected chi connectivity index (χ4v) is 4.21. The highest BCUT2D eigenvalue weighted by Gasteiger charge is 2.31. The van der Waals surface area contributed by atoms with Crippen LogP contribution in [0.4, 0.5) is 0 Å². The monoisotopic (exact) mass is 498 g/mol. The standard InChI is InChI=1S/C30H30N2O5/c1-3-5-6-15-35-23-12-7-9-20(16-23)28-25-14-13-24(18-27(25)37-29(32)26(28)19-31)36-30(33)21-10-8-11-22(17-21)34-4-2/h7-14,16-18,28H,3-6,15,32H2,1-2H3. The van der Waals surface area contributed by atoms with E-state index in [1.807, 2.05) is 31.2 Å². The third kappa shape index (κ3) is 6.04. The summed E-state index contributed by atoms with van der Waals surface area (Å²) in [6.07, 6.45) is 3.21. The normalized spacial score (nSPS) is 14.2. The quantitative estimate of drug-likeness (QED) is 0.205. The zero-order valence-electron chi connectivity index (χ0n) is 21.0. The molecule has 1 heterocycles. The highest BCUT2D eigenvalue weighted by Crippen LogP contribution is 2.44. The Kier molecular flexibility index (Phi) is 8.32. The molecule has 1 unspecified atom stereocenters. The second kappa shape index (κ2) is 12.0. The van der Waals surface area contributed by atoms with Crippen LogP contribution in [0.25, 0.3) is 0 Å². The lowest BCUT2D eigenvalue weighted by Crippen LogP contribution is -2.21. The van der Waals surface area contributed by atoms with E-state index >= 15 is 0 Å². The second-order valence-corrected chi connectivity index (χ2v) is 8.60. The van der Waals surface area contributed by atoms with Gasteiger partial charge in [-0.15, -0.1) is 0 Å². The van der Waals surface area contributed by atoms with Crippen molar-refractivity contribution in [3.05, 3.63) is 94.9 Å². The van der Waals surface area contributed by atoms with E-state index in [0.29, 0.717) is 41.6 Å². The Morgan fingerprint density at radius 3 is 2.51 bits per heavy atom. The molecular weight excluding hydrogens is 468 g/mol. The van der Waals surface area contributed by atoms with Crippen molar-refractivity contribution >= 4 is 5.97 Å². The first-order valence-corrected chi connectivity index (χ1v) is 12.4. The van der Waals surface area contributed by atoms with Crippen molar-refractivity contribution in [3.8, 4) is 29.1 Å². The Bertz CT molecular complexity index is 1340. The lowest BCUT2D eigenvalue weighted by molar-refractivity contribution is 0.0734. The minimum atomic E-state index is -0.525. The summed E-state index contributed by atoms with van der Waals surface area (Å²) in [6, 6.07) is 21.7. The molecule has 1 aliphatic heterocycles. The molecular formula is C30H30N2O5. The van der Waals surface area contributed by atoms with E-state index < -0.39 is 11.9 Å². The number of carbonyl (C=O) groups excluding carboxylic acids is 1. The van der Waals surface area contributed by atoms with E-state index in [1.165, 1.54) is 0 Å². The van der Waals surface area contributed by atoms with E-state index in [-0.39, 0.29) is 5.88 Å². The topological polar surface area (TPSA) is 104 Å². The Morgan fingerprint density at radius 2 is 1.76 bits per heavy atom. The van der Waals surface area contributed by atoms with Crippen molar-refractivity contribution in [2.75, 3.05) is 13.2 Å². The van der Waals surface area contributed by atoms with E-state index in [0.717, 1.165) is 36.1 Å². The number of benzene rings is 3. The number of nitriles is 1. The minimum Gasteiger partial charge on any atom is -0.494 e. The number of carbonyl (C=O) groups is 1. The van der Waals surface area contributed by atoms with Gasteiger partial charge in [0.05, 0.1) is 24.7 Å². The fraction of sp³-hybridized carbons (Fsp3) is 0.267. The predicted octanol–water partition coefficient (Wildman–Crippen LogP) is 6.09. The molecule has 0 amide bonds. The molecule has 190 valence electrons. The summed E-state index contributed by atoms with van der Waals surface area (Å²) < 4.78 is 22.8. The van der Waals surface area contributed by atoms with Crippen LogP contribution in [0.1, 0.15) is 60.5 Å². The van der Waals surface area contributed by atoms with Crippen molar-refractivity contribution in [1.82, 2.24) is 0 Å². The SMILES string of the molecule is CCCCCOc1cccc(C2C(C#N)=C(N)Oc3cc(OC(=O)c4cccc(OCC)c4)ccc32)c1. The summed E-state index contributed by atoms with van der Waals surface area (Å²) in [7, 11) is 0. The van der Waals surface area contributed by atoms with E-state index in [1.54, 1.807) is 42.5 Å². The van der Waals surface area contributed by atoms with Gasteiger partial charge < -0.3 is 24.7 Å². The Hall–Kier alpha value is -4.44. The number of allylic oxidation sites excluding steroid dienone is 1. The van der Waals surface area contributed by atoms with Gasteiger partial charge in [0, 0.05) is 11.6 Å². The van der Waals surface area contributed by atoms with Crippen LogP contribution in [-0.2, 0) is 0 Å². The number of hydrogen-bond donors (Lipinski definition) is 1. The zero-order chi connectivity index (χ0) is 26.2. The molecule has 0 saturated heterocycles. The molecule has 0 radical (unpaired) electrons. The minimum absolute atomic E-state index is 0.0159. The summed E-state index contributed by atoms with van der Waals surface area (Å²) in [6.45, 7) is 5.15. The molecule has 0 fully saturated rings. The lowest BCUT2D eigenvalue weighted by Gasteiger charge is -2.27. The summed E-state index contributed by atoms with van der Waals surface area (Å²) in [5.74, 6) is 1.09. The fourth-order valence-electron chi connectivity index (χ4n) is 4.21. The molecule has 3 aromatic carbocycles. The molecule has 0 bridgehead atoms. The predicted molar refractivity (Wildman–Crippen MR) is 140 cm³/mol. The maximum absolute atomic E-state index is 12.7. The van der Waals surface area contributed by atoms with Crippen LogP contribution in [0.3, 0.4) is 0 Å². The number of rotatable bonds is 10. The first-order valence-electron chi connectivity index (χ1n) is 12.4. The molecule has 0 spiro atoms. The summed E-state index contributed by atoms with van der Waals surface area (Å²) in [5, 5.41) is 9.87. The van der Waals surface area contributed by atoms with Crippen LogP contribution in [-0.4, -0.2) is 19.2 Å². The molecule has 3 aromatic rings. The molecule has 1 atom stereocenters. The van der Waals surface area contributed by atoms with Crippen molar-refractivity contribution in [2.45, 2.75) is 39.0 Å². The van der Waals surface area contributed by atoms with Gasteiger partial charge in [-0.05, 0) is 55.3 Å². The van der Waals surface area contributed by atoms with E-state index in [4.69, 9.17) is 24.7 Å². The Balaban J connectivity index is 1.59. The average Bonchev–Trinajstić information content (AvgIpc) is 2.91. The molecule has 0 aliphatic carbocycles. The van der Waals surface area contributed by atoms with Gasteiger partial charge >= 0.3 is 5.97 Å². The highest BCUT2D eigenvalue weighted by atomic mass is 16.5. The first-order chi connectivity index (χ1) is 18.0. The summed E-state index contributed by atoms with van der Waals surface area (Å²) in [5.41, 5.74) is 8.43. The molecule has 7 heteroatoms. The molecule has 4 rings (SSSR count). The lowest BCUT2D eigenvalue weighted by atomic mass is 9.83. The highest BCUT2D eigenvalue weighted by molar-refractivity contribution is 5.91. The smallest absolute Gasteiger partial charge is 0.343 e. The number of nitrogens with two attached hydrogens (primary N) is 1. The van der Waals surface area contributed by atoms with Crippen molar-refractivity contribution < 1.29 is 23.7 Å². The third-order valence-corrected chi connectivity index (χ3v) is 5.99. The maximum Gasteiger partial charge on any atom is 0.343 e. The van der Waals surface area contributed by atoms with E-state index in [2.05, 4.69) is 13.0 Å². The third-order valence-electron chi connectivity index (χ3n) is 5.99. The van der Waals surface area contributed by atoms with E-state index in [9.17, 15) is 10.1 Å². The number of nitrogens with zero attached hydrogens (tertiary/aromatic N) is 1. The van der Waals surface area contributed by atoms with Gasteiger partial charge in [-0.2, -0.15) is 5.26 Å². The number of ether oxygens (including phenoxy) is 4. The maximum atomic E-state index is 12.7. The van der Waals surface area contributed by atoms with Gasteiger partial charge in [-0.3, -0.25) is 0 Å². The Labute approximate surface area is 217 Å². The molecule has 2 N–H and O–H groups in total. The average molecular weight is 499 g/mol. The van der Waals surface area contributed by atoms with Gasteiger partial charge in [0.25, 0.3) is 0 Å². The second-order valence-electron chi connectivity index (χ2n) is 8.60. The summed E-state index contributed by atoms with van der Waals surface area (Å²) in [4.78, 5) is 12.7. The van der Waals surface area contributed by atoms with Gasteiger partial charge in [0.1, 0.15) is 34.6 Å². The van der Waals surface area contributed by atoms with Crippen LogP contribution >= 0.6 is 0 Å². The van der Waals surface area contributed by atoms with Crippen molar-refractivity contribution in [1.29, 1.82) is 5.26 Å². The number of unbranched alkanes of at least 4 members (excludes halogenated alkanes) is 2. The van der Waals surface area contributed by atoms with Gasteiger partial charge in [-0.25, -0.2) is 4.79 Å². The molecule has 0 aromatic heterocycles. The van der Waals surface area contributed by atoms with Crippen LogP contribution in [0.15, 0.2) is 78.2 Å². The van der Waals surface area contributed by atoms with Crippen molar-refractivity contribution in [3.63, 3.8) is 0 Å². The molecule has 0 saturated carbocycles. The number of fused-ring (bicyclic) bond motifs is 1. The number of hydrogen-bond acceptors (Lipinski definition) is 7.